The molecule has 1 aliphatic heterocycles. The van der Waals surface area contributed by atoms with Crippen molar-refractivity contribution in [3.8, 4) is 0 Å². The number of amides is 1. The van der Waals surface area contributed by atoms with Crippen molar-refractivity contribution < 1.29 is 13.2 Å². The van der Waals surface area contributed by atoms with Crippen LogP contribution in [0, 0.1) is 0 Å². The molecule has 0 radical (unpaired) electrons. The van der Waals surface area contributed by atoms with Crippen molar-refractivity contribution in [1.29, 1.82) is 0 Å². The summed E-state index contributed by atoms with van der Waals surface area (Å²) in [7, 11) is -3.88. The number of benzene rings is 3. The number of nitrogens with one attached hydrogen (secondary N) is 1. The lowest BCUT2D eigenvalue weighted by molar-refractivity contribution is 0.0772. The quantitative estimate of drug-likeness (QED) is 0.587. The molecule has 5 nitrogen and oxygen atoms in total. The highest BCUT2D eigenvalue weighted by Gasteiger charge is 2.22. The molecule has 1 heterocycles. The van der Waals surface area contributed by atoms with Crippen molar-refractivity contribution in [3.63, 3.8) is 0 Å². The van der Waals surface area contributed by atoms with Crippen LogP contribution in [0.5, 0.6) is 0 Å². The Morgan fingerprint density at radius 1 is 0.935 bits per heavy atom. The number of para-hydroxylation sites is 1. The summed E-state index contributed by atoms with van der Waals surface area (Å²) in [6.45, 7) is 1.06. The minimum atomic E-state index is -3.88. The molecule has 0 spiro atoms. The molecule has 0 bridgehead atoms. The molecule has 0 unspecified atom stereocenters. The predicted molar refractivity (Wildman–Crippen MR) is 124 cm³/mol. The Bertz CT molecular complexity index is 1240. The average molecular weight is 453 g/mol. The molecule has 158 valence electrons. The summed E-state index contributed by atoms with van der Waals surface area (Å²) in [5.41, 5.74) is 2.99. The highest BCUT2D eigenvalue weighted by Crippen LogP contribution is 2.26. The lowest BCUT2D eigenvalue weighted by Gasteiger charge is -2.27. The van der Waals surface area contributed by atoms with Crippen molar-refractivity contribution in [1.82, 2.24) is 4.90 Å². The third-order valence-electron chi connectivity index (χ3n) is 5.15. The fourth-order valence-electron chi connectivity index (χ4n) is 3.49. The number of hydrogen-bond acceptors (Lipinski definition) is 3. The highest BCUT2D eigenvalue weighted by atomic mass is 35.5. The number of halogens is 1. The van der Waals surface area contributed by atoms with E-state index in [0.29, 0.717) is 23.7 Å². The van der Waals surface area contributed by atoms with Gasteiger partial charge in [0.1, 0.15) is 0 Å². The molecule has 1 aliphatic rings. The van der Waals surface area contributed by atoms with Crippen molar-refractivity contribution in [2.75, 3.05) is 17.8 Å². The second-order valence-electron chi connectivity index (χ2n) is 7.21. The first-order chi connectivity index (χ1) is 14.9. The Balaban J connectivity index is 1.51. The topological polar surface area (TPSA) is 66.5 Å². The number of hydrogen-bond donors (Lipinski definition) is 1. The number of nitrogens with zero attached hydrogens (tertiary/aromatic N) is 1. The Labute approximate surface area is 187 Å². The number of rotatable bonds is 5. The Kier molecular flexibility index (Phi) is 6.11. The molecule has 3 aromatic rings. The van der Waals surface area contributed by atoms with Gasteiger partial charge in [0.2, 0.25) is 0 Å². The van der Waals surface area contributed by atoms with Gasteiger partial charge in [-0.3, -0.25) is 9.52 Å². The zero-order valence-electron chi connectivity index (χ0n) is 16.7. The van der Waals surface area contributed by atoms with E-state index in [1.54, 1.807) is 41.3 Å². The number of sulfonamides is 1. The number of carbonyl (C=O) groups excluding carboxylic acids is 1. The van der Waals surface area contributed by atoms with E-state index in [0.717, 1.165) is 12.0 Å². The average Bonchev–Trinajstić information content (AvgIpc) is 2.81. The highest BCUT2D eigenvalue weighted by molar-refractivity contribution is 7.92. The minimum Gasteiger partial charge on any atom is -0.335 e. The van der Waals surface area contributed by atoms with Crippen molar-refractivity contribution >= 4 is 38.8 Å². The molecule has 1 N–H and O–H groups in total. The van der Waals surface area contributed by atoms with E-state index in [4.69, 9.17) is 11.6 Å². The molecule has 3 aromatic carbocycles. The van der Waals surface area contributed by atoms with Gasteiger partial charge in [-0.15, -0.1) is 0 Å². The second-order valence-corrected chi connectivity index (χ2v) is 9.30. The Morgan fingerprint density at radius 3 is 2.39 bits per heavy atom. The van der Waals surface area contributed by atoms with Crippen LogP contribution in [0.2, 0.25) is 5.02 Å². The smallest absolute Gasteiger partial charge is 0.261 e. The van der Waals surface area contributed by atoms with Crippen molar-refractivity contribution in [3.05, 3.63) is 101 Å². The first-order valence-electron chi connectivity index (χ1n) is 9.85. The standard InChI is InChI=1S/C24H21ClN2O3S/c25-22-11-4-5-12-23(22)26-31(29,30)21-10-6-9-20(17-21)24(28)27-15-13-19(14-16-27)18-7-2-1-3-8-18/h1-13,17,26H,14-16H2. The third kappa shape index (κ3) is 4.81. The van der Waals surface area contributed by atoms with Crippen LogP contribution >= 0.6 is 11.6 Å². The number of carbonyl (C=O) groups is 1. The van der Waals surface area contributed by atoms with E-state index in [9.17, 15) is 13.2 Å². The normalized spacial score (nSPS) is 14.1. The zero-order valence-corrected chi connectivity index (χ0v) is 18.2. The van der Waals surface area contributed by atoms with Crippen molar-refractivity contribution in [2.45, 2.75) is 11.3 Å². The van der Waals surface area contributed by atoms with Crippen LogP contribution in [-0.4, -0.2) is 32.3 Å². The molecule has 4 rings (SSSR count). The van der Waals surface area contributed by atoms with Crippen LogP contribution in [0.3, 0.4) is 0 Å². The minimum absolute atomic E-state index is 0.01000. The van der Waals surface area contributed by atoms with Crippen LogP contribution in [0.25, 0.3) is 5.57 Å². The van der Waals surface area contributed by atoms with E-state index < -0.39 is 10.0 Å². The van der Waals surface area contributed by atoms with Crippen LogP contribution in [0.4, 0.5) is 5.69 Å². The van der Waals surface area contributed by atoms with Crippen molar-refractivity contribution in [2.24, 2.45) is 0 Å². The van der Waals surface area contributed by atoms with Gasteiger partial charge in [-0.05, 0) is 47.9 Å². The maximum atomic E-state index is 13.0. The van der Waals surface area contributed by atoms with Gasteiger partial charge < -0.3 is 4.90 Å². The lowest BCUT2D eigenvalue weighted by Crippen LogP contribution is -2.34. The van der Waals surface area contributed by atoms with E-state index >= 15 is 0 Å². The van der Waals surface area contributed by atoms with E-state index in [2.05, 4.69) is 22.9 Å². The maximum Gasteiger partial charge on any atom is 0.261 e. The molecule has 0 aliphatic carbocycles. The molecule has 0 fully saturated rings. The van der Waals surface area contributed by atoms with Gasteiger partial charge in [-0.2, -0.15) is 0 Å². The first kappa shape index (κ1) is 21.2. The fraction of sp³-hybridized carbons (Fsp3) is 0.125. The summed E-state index contributed by atoms with van der Waals surface area (Å²) in [6, 6.07) is 22.7. The van der Waals surface area contributed by atoms with Crippen LogP contribution < -0.4 is 4.72 Å². The van der Waals surface area contributed by atoms with E-state index in [1.807, 2.05) is 18.2 Å². The van der Waals surface area contributed by atoms with Crippen LogP contribution in [-0.2, 0) is 10.0 Å². The first-order valence-corrected chi connectivity index (χ1v) is 11.7. The van der Waals surface area contributed by atoms with Gasteiger partial charge in [-0.1, -0.05) is 66.2 Å². The SMILES string of the molecule is O=C(c1cccc(S(=O)(=O)Nc2ccccc2Cl)c1)N1CC=C(c2ccccc2)CC1. The fourth-order valence-corrected chi connectivity index (χ4v) is 4.86. The molecule has 1 amide bonds. The zero-order chi connectivity index (χ0) is 21.8. The van der Waals surface area contributed by atoms with Gasteiger partial charge in [0.25, 0.3) is 15.9 Å². The van der Waals surface area contributed by atoms with Gasteiger partial charge in [-0.25, -0.2) is 8.42 Å². The van der Waals surface area contributed by atoms with E-state index in [1.165, 1.54) is 17.7 Å². The monoisotopic (exact) mass is 452 g/mol. The summed E-state index contributed by atoms with van der Waals surface area (Å²) in [5.74, 6) is -0.196. The van der Waals surface area contributed by atoms with Gasteiger partial charge >= 0.3 is 0 Å². The molecule has 0 aromatic heterocycles. The molecular formula is C24H21ClN2O3S. The number of anilines is 1. The van der Waals surface area contributed by atoms with Gasteiger partial charge in [0, 0.05) is 18.7 Å². The van der Waals surface area contributed by atoms with Gasteiger partial charge in [0.15, 0.2) is 0 Å². The molecule has 7 heteroatoms. The second kappa shape index (κ2) is 8.96. The van der Waals surface area contributed by atoms with Gasteiger partial charge in [0.05, 0.1) is 15.6 Å². The Morgan fingerprint density at radius 2 is 1.68 bits per heavy atom. The molecule has 31 heavy (non-hydrogen) atoms. The largest absolute Gasteiger partial charge is 0.335 e. The molecule has 0 saturated carbocycles. The summed E-state index contributed by atoms with van der Waals surface area (Å²) in [4.78, 5) is 14.7. The van der Waals surface area contributed by atoms with Crippen LogP contribution in [0.15, 0.2) is 89.8 Å². The lowest BCUT2D eigenvalue weighted by atomic mass is 9.99. The van der Waals surface area contributed by atoms with E-state index in [-0.39, 0.29) is 16.5 Å². The molecular weight excluding hydrogens is 432 g/mol. The van der Waals surface area contributed by atoms with Crippen LogP contribution in [0.1, 0.15) is 22.3 Å². The molecule has 0 atom stereocenters. The summed E-state index contributed by atoms with van der Waals surface area (Å²) >= 11 is 6.06. The Hall–Kier alpha value is -3.09. The maximum absolute atomic E-state index is 13.0. The molecule has 0 saturated heterocycles. The predicted octanol–water partition coefficient (Wildman–Crippen LogP) is 5.07. The summed E-state index contributed by atoms with van der Waals surface area (Å²) < 4.78 is 28.1. The summed E-state index contributed by atoms with van der Waals surface area (Å²) in [5, 5.41) is 0.299. The summed E-state index contributed by atoms with van der Waals surface area (Å²) in [6.07, 6.45) is 2.80. The third-order valence-corrected chi connectivity index (χ3v) is 6.84.